The van der Waals surface area contributed by atoms with Gasteiger partial charge >= 0.3 is 5.97 Å². The molecular weight excluding hydrogens is 372 g/mol. The van der Waals surface area contributed by atoms with Crippen molar-refractivity contribution < 1.29 is 15.0 Å². The molecule has 0 aliphatic rings. The zero-order valence-corrected chi connectivity index (χ0v) is 19.7. The Kier molecular flexibility index (Phi) is 6.56. The van der Waals surface area contributed by atoms with Gasteiger partial charge in [-0.15, -0.1) is 0 Å². The molecule has 162 valence electrons. The molecule has 0 bridgehead atoms. The lowest BCUT2D eigenvalue weighted by Gasteiger charge is -2.27. The molecule has 0 saturated heterocycles. The van der Waals surface area contributed by atoms with Gasteiger partial charge in [-0.1, -0.05) is 83.5 Å². The lowest BCUT2D eigenvalue weighted by Crippen LogP contribution is -2.18. The lowest BCUT2D eigenvalue weighted by atomic mass is 9.78. The summed E-state index contributed by atoms with van der Waals surface area (Å²) in [5, 5.41) is 20.5. The molecule has 0 radical (unpaired) electrons. The van der Waals surface area contributed by atoms with Gasteiger partial charge in [0.2, 0.25) is 0 Å². The van der Waals surface area contributed by atoms with Crippen molar-refractivity contribution in [2.24, 2.45) is 0 Å². The highest BCUT2D eigenvalue weighted by Crippen LogP contribution is 2.37. The molecule has 0 amide bonds. The molecule has 0 aliphatic carbocycles. The number of carboxylic acid groups (broad SMARTS) is 1. The molecule has 3 nitrogen and oxygen atoms in total. The maximum atomic E-state index is 11.5. The number of rotatable bonds is 5. The summed E-state index contributed by atoms with van der Waals surface area (Å²) in [4.78, 5) is 11.5. The quantitative estimate of drug-likeness (QED) is 0.565. The predicted octanol–water partition coefficient (Wildman–Crippen LogP) is 6.38. The summed E-state index contributed by atoms with van der Waals surface area (Å²) in [6, 6.07) is 8.32. The summed E-state index contributed by atoms with van der Waals surface area (Å²) in [6.45, 7) is 20.6. The molecule has 30 heavy (non-hydrogen) atoms. The molecule has 2 aromatic carbocycles. The van der Waals surface area contributed by atoms with E-state index >= 15 is 0 Å². The average Bonchev–Trinajstić information content (AvgIpc) is 2.57. The van der Waals surface area contributed by atoms with Crippen molar-refractivity contribution in [3.8, 4) is 5.75 Å². The first-order chi connectivity index (χ1) is 13.6. The predicted molar refractivity (Wildman–Crippen MR) is 125 cm³/mol. The van der Waals surface area contributed by atoms with Crippen molar-refractivity contribution in [2.45, 2.75) is 79.1 Å². The van der Waals surface area contributed by atoms with Gasteiger partial charge in [0, 0.05) is 18.4 Å². The van der Waals surface area contributed by atoms with Gasteiger partial charge in [-0.05, 0) is 52.5 Å². The summed E-state index contributed by atoms with van der Waals surface area (Å²) >= 11 is 0. The molecular formula is C27H36O3. The van der Waals surface area contributed by atoms with Gasteiger partial charge < -0.3 is 10.2 Å². The second-order valence-corrected chi connectivity index (χ2v) is 10.5. The fourth-order valence-corrected chi connectivity index (χ4v) is 3.98. The normalized spacial score (nSPS) is 12.1. The van der Waals surface area contributed by atoms with Crippen LogP contribution in [0.25, 0.3) is 0 Å². The topological polar surface area (TPSA) is 57.5 Å². The van der Waals surface area contributed by atoms with E-state index in [2.05, 4.69) is 67.2 Å². The Balaban J connectivity index is 2.71. The first-order valence-corrected chi connectivity index (χ1v) is 10.5. The number of phenols is 1. The van der Waals surface area contributed by atoms with E-state index in [0.717, 1.165) is 38.9 Å². The van der Waals surface area contributed by atoms with Crippen LogP contribution in [0.3, 0.4) is 0 Å². The van der Waals surface area contributed by atoms with Crippen LogP contribution in [0.15, 0.2) is 36.4 Å². The molecule has 0 fully saturated rings. The average molecular weight is 409 g/mol. The van der Waals surface area contributed by atoms with Gasteiger partial charge in [-0.3, -0.25) is 0 Å². The number of aromatic hydroxyl groups is 1. The van der Waals surface area contributed by atoms with Crippen LogP contribution >= 0.6 is 0 Å². The lowest BCUT2D eigenvalue weighted by molar-refractivity contribution is -0.132. The third kappa shape index (κ3) is 5.33. The third-order valence-corrected chi connectivity index (χ3v) is 5.51. The maximum absolute atomic E-state index is 11.5. The van der Waals surface area contributed by atoms with Gasteiger partial charge in [0.15, 0.2) is 0 Å². The van der Waals surface area contributed by atoms with Crippen molar-refractivity contribution in [2.75, 3.05) is 0 Å². The van der Waals surface area contributed by atoms with E-state index in [0.29, 0.717) is 12.2 Å². The van der Waals surface area contributed by atoms with Gasteiger partial charge in [0.05, 0.1) is 0 Å². The second kappa shape index (κ2) is 8.29. The van der Waals surface area contributed by atoms with E-state index in [1.165, 1.54) is 0 Å². The van der Waals surface area contributed by atoms with E-state index in [4.69, 9.17) is 0 Å². The Morgan fingerprint density at radius 1 is 0.867 bits per heavy atom. The molecule has 0 heterocycles. The largest absolute Gasteiger partial charge is 0.507 e. The molecule has 0 unspecified atom stereocenters. The number of phenolic OH excluding ortho intramolecular Hbond substituents is 1. The Bertz CT molecular complexity index is 983. The summed E-state index contributed by atoms with van der Waals surface area (Å²) in [5.41, 5.74) is 7.06. The Morgan fingerprint density at radius 3 is 1.80 bits per heavy atom. The number of carbonyl (C=O) groups is 1. The molecule has 0 spiro atoms. The number of aryl methyl sites for hydroxylation is 2. The van der Waals surface area contributed by atoms with E-state index in [1.807, 2.05) is 19.1 Å². The van der Waals surface area contributed by atoms with Crippen LogP contribution in [-0.4, -0.2) is 16.2 Å². The summed E-state index contributed by atoms with van der Waals surface area (Å²) in [5.74, 6) is -0.648. The van der Waals surface area contributed by atoms with Crippen LogP contribution < -0.4 is 0 Å². The number of hydrogen-bond acceptors (Lipinski definition) is 2. The highest BCUT2D eigenvalue weighted by molar-refractivity contribution is 5.86. The molecule has 2 rings (SSSR count). The molecule has 0 atom stereocenters. The Hall–Kier alpha value is -2.55. The van der Waals surface area contributed by atoms with E-state index in [9.17, 15) is 15.0 Å². The summed E-state index contributed by atoms with van der Waals surface area (Å²) in [6.07, 6.45) is 0.833. The molecule has 2 aromatic rings. The van der Waals surface area contributed by atoms with Gasteiger partial charge in [-0.25, -0.2) is 4.79 Å². The van der Waals surface area contributed by atoms with Crippen molar-refractivity contribution in [1.29, 1.82) is 0 Å². The first kappa shape index (κ1) is 23.7. The smallest absolute Gasteiger partial charge is 0.331 e. The molecule has 3 heteroatoms. The minimum absolute atomic E-state index is 0.139. The van der Waals surface area contributed by atoms with Crippen molar-refractivity contribution in [1.82, 2.24) is 0 Å². The highest BCUT2D eigenvalue weighted by Gasteiger charge is 2.25. The third-order valence-electron chi connectivity index (χ3n) is 5.51. The SMILES string of the molecule is C=C(Cc1c(Cc2cc(C)cc(C(C)(C)C)c2O)cc(C)cc1C(C)(C)C)C(=O)O. The van der Waals surface area contributed by atoms with Crippen molar-refractivity contribution in [3.63, 3.8) is 0 Å². The van der Waals surface area contributed by atoms with Crippen molar-refractivity contribution in [3.05, 3.63) is 75.4 Å². The zero-order valence-electron chi connectivity index (χ0n) is 19.7. The Morgan fingerprint density at radius 2 is 1.33 bits per heavy atom. The monoisotopic (exact) mass is 408 g/mol. The van der Waals surface area contributed by atoms with E-state index in [1.54, 1.807) is 0 Å². The van der Waals surface area contributed by atoms with Crippen LogP contribution in [0.5, 0.6) is 5.75 Å². The van der Waals surface area contributed by atoms with E-state index in [-0.39, 0.29) is 22.8 Å². The maximum Gasteiger partial charge on any atom is 0.331 e. The Labute approximate surface area is 181 Å². The summed E-state index contributed by atoms with van der Waals surface area (Å²) in [7, 11) is 0. The summed E-state index contributed by atoms with van der Waals surface area (Å²) < 4.78 is 0. The highest BCUT2D eigenvalue weighted by atomic mass is 16.4. The van der Waals surface area contributed by atoms with Gasteiger partial charge in [0.25, 0.3) is 0 Å². The zero-order chi connectivity index (χ0) is 23.0. The van der Waals surface area contributed by atoms with Crippen LogP contribution in [-0.2, 0) is 28.5 Å². The number of benzene rings is 2. The molecule has 2 N–H and O–H groups in total. The van der Waals surface area contributed by atoms with Crippen LogP contribution in [0.1, 0.15) is 80.5 Å². The van der Waals surface area contributed by atoms with E-state index < -0.39 is 5.97 Å². The minimum Gasteiger partial charge on any atom is -0.507 e. The van der Waals surface area contributed by atoms with Gasteiger partial charge in [-0.2, -0.15) is 0 Å². The van der Waals surface area contributed by atoms with Crippen molar-refractivity contribution >= 4 is 5.97 Å². The van der Waals surface area contributed by atoms with Gasteiger partial charge in [0.1, 0.15) is 5.75 Å². The minimum atomic E-state index is -0.977. The van der Waals surface area contributed by atoms with Crippen LogP contribution in [0.4, 0.5) is 0 Å². The number of aliphatic carboxylic acids is 1. The molecule has 0 aliphatic heterocycles. The molecule has 0 aromatic heterocycles. The fourth-order valence-electron chi connectivity index (χ4n) is 3.98. The fraction of sp³-hybridized carbons (Fsp3) is 0.444. The first-order valence-electron chi connectivity index (χ1n) is 10.5. The van der Waals surface area contributed by atoms with Crippen LogP contribution in [0, 0.1) is 13.8 Å². The standard InChI is InChI=1S/C27H36O3/c1-16-10-19(15-20-11-17(2)13-23(24(20)28)27(7,8)9)21(14-18(3)25(29)30)22(12-16)26(4,5)6/h10-13,28H,3,14-15H2,1-2,4-9H3,(H,29,30). The number of hydrogen-bond donors (Lipinski definition) is 2. The number of carboxylic acids is 1. The second-order valence-electron chi connectivity index (χ2n) is 10.5. The molecule has 0 saturated carbocycles. The van der Waals surface area contributed by atoms with Crippen LogP contribution in [0.2, 0.25) is 0 Å².